The second-order valence-electron chi connectivity index (χ2n) is 11.6. The van der Waals surface area contributed by atoms with E-state index in [4.69, 9.17) is 21.3 Å². The van der Waals surface area contributed by atoms with E-state index in [-0.39, 0.29) is 16.7 Å². The Morgan fingerprint density at radius 2 is 1.69 bits per heavy atom. The number of nitrogens with one attached hydrogen (secondary N) is 1. The molecule has 0 radical (unpaired) electrons. The fourth-order valence-corrected chi connectivity index (χ4v) is 6.17. The maximum Gasteiger partial charge on any atom is 0.267 e. The molecule has 0 saturated carbocycles. The number of hydrogen-bond acceptors (Lipinski definition) is 8. The van der Waals surface area contributed by atoms with Gasteiger partial charge in [0.05, 0.1) is 17.6 Å². The van der Waals surface area contributed by atoms with E-state index in [2.05, 4.69) is 31.7 Å². The second-order valence-corrected chi connectivity index (χ2v) is 13.6. The molecule has 0 bridgehead atoms. The number of benzene rings is 2. The summed E-state index contributed by atoms with van der Waals surface area (Å²) in [6, 6.07) is 13.5. The minimum Gasteiger partial charge on any atom is -0.437 e. The van der Waals surface area contributed by atoms with Gasteiger partial charge in [-0.2, -0.15) is 10.1 Å². The van der Waals surface area contributed by atoms with Crippen molar-refractivity contribution in [3.63, 3.8) is 0 Å². The van der Waals surface area contributed by atoms with Crippen LogP contribution in [-0.4, -0.2) is 66.3 Å². The van der Waals surface area contributed by atoms with Gasteiger partial charge in [-0.15, -0.1) is 0 Å². The molecule has 12 heteroatoms. The van der Waals surface area contributed by atoms with Gasteiger partial charge < -0.3 is 14.5 Å². The van der Waals surface area contributed by atoms with Crippen molar-refractivity contribution in [1.29, 1.82) is 0 Å². The number of piperazine rings is 1. The number of halogens is 1. The molecule has 1 aliphatic rings. The number of sulfonamides is 1. The summed E-state index contributed by atoms with van der Waals surface area (Å²) in [5.41, 5.74) is 3.51. The summed E-state index contributed by atoms with van der Waals surface area (Å²) in [4.78, 5) is 13.9. The number of ether oxygens (including phenoxy) is 1. The Hall–Kier alpha value is -3.67. The van der Waals surface area contributed by atoms with Crippen LogP contribution in [0.25, 0.3) is 11.3 Å². The number of aryl methyl sites for hydroxylation is 2. The Bertz CT molecular complexity index is 1710. The van der Waals surface area contributed by atoms with Crippen molar-refractivity contribution in [1.82, 2.24) is 24.6 Å². The topological polar surface area (TPSA) is 105 Å². The molecule has 5 rings (SSSR count). The highest BCUT2D eigenvalue weighted by atomic mass is 35.5. The van der Waals surface area contributed by atoms with Crippen LogP contribution in [-0.2, 0) is 22.5 Å². The van der Waals surface area contributed by atoms with Crippen LogP contribution in [0.2, 0.25) is 5.02 Å². The summed E-state index contributed by atoms with van der Waals surface area (Å²) >= 11 is 6.96. The predicted octanol–water partition coefficient (Wildman–Crippen LogP) is 5.48. The highest BCUT2D eigenvalue weighted by molar-refractivity contribution is 7.92. The van der Waals surface area contributed by atoms with E-state index in [1.165, 1.54) is 17.1 Å². The molecule has 10 nitrogen and oxygen atoms in total. The minimum absolute atomic E-state index is 0.00340. The summed E-state index contributed by atoms with van der Waals surface area (Å²) in [5.74, 6) is 0.526. The molecule has 0 amide bonds. The van der Waals surface area contributed by atoms with E-state index >= 15 is 0 Å². The Morgan fingerprint density at radius 3 is 2.33 bits per heavy atom. The summed E-state index contributed by atoms with van der Waals surface area (Å²) < 4.78 is 37.0. The second kappa shape index (κ2) is 11.5. The van der Waals surface area contributed by atoms with E-state index in [1.54, 1.807) is 13.1 Å². The third-order valence-corrected chi connectivity index (χ3v) is 8.90. The van der Waals surface area contributed by atoms with E-state index in [0.29, 0.717) is 16.5 Å². The lowest BCUT2D eigenvalue weighted by Crippen LogP contribution is -2.44. The molecule has 1 N–H and O–H groups in total. The fourth-order valence-electron chi connectivity index (χ4n) is 4.96. The van der Waals surface area contributed by atoms with Gasteiger partial charge in [0, 0.05) is 50.6 Å². The molecule has 2 aromatic carbocycles. The molecule has 42 heavy (non-hydrogen) atoms. The van der Waals surface area contributed by atoms with Crippen molar-refractivity contribution < 1.29 is 13.2 Å². The van der Waals surface area contributed by atoms with Crippen molar-refractivity contribution in [2.75, 3.05) is 42.8 Å². The van der Waals surface area contributed by atoms with Crippen molar-refractivity contribution in [3.8, 4) is 22.9 Å². The number of rotatable bonds is 7. The van der Waals surface area contributed by atoms with Crippen molar-refractivity contribution in [2.45, 2.75) is 38.0 Å². The van der Waals surface area contributed by atoms with Crippen LogP contribution >= 0.6 is 11.6 Å². The number of aromatic nitrogens is 4. The molecule has 222 valence electrons. The van der Waals surface area contributed by atoms with Crippen LogP contribution < -0.4 is 14.4 Å². The number of likely N-dealkylation sites (N-methyl/N-ethyl adjacent to an activating group) is 1. The number of anilines is 2. The zero-order chi connectivity index (χ0) is 30.2. The lowest BCUT2D eigenvalue weighted by atomic mass is 9.84. The Balaban J connectivity index is 1.65. The van der Waals surface area contributed by atoms with Gasteiger partial charge in [0.25, 0.3) is 10.0 Å². The molecular formula is C30H36ClN7O3S. The average Bonchev–Trinajstić information content (AvgIpc) is 3.37. The summed E-state index contributed by atoms with van der Waals surface area (Å²) in [7, 11) is -0.270. The molecule has 0 atom stereocenters. The van der Waals surface area contributed by atoms with Gasteiger partial charge in [-0.1, -0.05) is 62.7 Å². The summed E-state index contributed by atoms with van der Waals surface area (Å²) in [6.45, 7) is 11.7. The van der Waals surface area contributed by atoms with E-state index in [0.717, 1.165) is 48.6 Å². The predicted molar refractivity (Wildman–Crippen MR) is 166 cm³/mol. The van der Waals surface area contributed by atoms with Gasteiger partial charge in [-0.25, -0.2) is 18.1 Å². The van der Waals surface area contributed by atoms with Gasteiger partial charge in [0.15, 0.2) is 0 Å². The third-order valence-electron chi connectivity index (χ3n) is 7.24. The maximum absolute atomic E-state index is 13.3. The SMILES string of the molecule is Cc1ccccc1-c1nc(NS(=O)(=O)c2cnn(C)c2)nc(Oc2cccc(N3CCN(C)CC3)c2Cl)c1C(C)(C)C. The van der Waals surface area contributed by atoms with Gasteiger partial charge >= 0.3 is 0 Å². The lowest BCUT2D eigenvalue weighted by Gasteiger charge is -2.34. The normalized spacial score (nSPS) is 14.7. The lowest BCUT2D eigenvalue weighted by molar-refractivity contribution is 0.313. The molecule has 4 aromatic rings. The molecule has 0 spiro atoms. The molecule has 1 saturated heterocycles. The smallest absolute Gasteiger partial charge is 0.267 e. The van der Waals surface area contributed by atoms with E-state index in [9.17, 15) is 8.42 Å². The van der Waals surface area contributed by atoms with Gasteiger partial charge in [0.2, 0.25) is 11.8 Å². The zero-order valence-corrected chi connectivity index (χ0v) is 26.3. The first-order chi connectivity index (χ1) is 19.8. The third kappa shape index (κ3) is 6.23. The first-order valence-corrected chi connectivity index (χ1v) is 15.6. The average molecular weight is 610 g/mol. The molecule has 2 aromatic heterocycles. The first-order valence-electron chi connectivity index (χ1n) is 13.7. The van der Waals surface area contributed by atoms with Crippen LogP contribution in [0.1, 0.15) is 31.9 Å². The van der Waals surface area contributed by atoms with Crippen LogP contribution in [0.15, 0.2) is 59.8 Å². The van der Waals surface area contributed by atoms with Crippen LogP contribution in [0.3, 0.4) is 0 Å². The number of hydrogen-bond donors (Lipinski definition) is 1. The highest BCUT2D eigenvalue weighted by Gasteiger charge is 2.30. The standard InChI is InChI=1S/C30H36ClN7O3S/c1-20-10-7-8-11-22(20)27-25(30(2,3)4)28(34-29(33-27)35-42(39,40)21-18-32-37(6)19-21)41-24-13-9-12-23(26(24)31)38-16-14-36(5)15-17-38/h7-13,18-19H,14-17H2,1-6H3,(H,33,34,35). The molecule has 3 heterocycles. The van der Waals surface area contributed by atoms with Crippen molar-refractivity contribution in [2.24, 2.45) is 7.05 Å². The maximum atomic E-state index is 13.3. The van der Waals surface area contributed by atoms with Gasteiger partial charge in [-0.05, 0) is 37.1 Å². The Labute approximate surface area is 252 Å². The minimum atomic E-state index is -4.02. The first kappa shape index (κ1) is 29.8. The largest absolute Gasteiger partial charge is 0.437 e. The highest BCUT2D eigenvalue weighted by Crippen LogP contribution is 2.43. The van der Waals surface area contributed by atoms with Crippen LogP contribution in [0.4, 0.5) is 11.6 Å². The quantitative estimate of drug-likeness (QED) is 0.294. The van der Waals surface area contributed by atoms with Crippen molar-refractivity contribution >= 4 is 33.3 Å². The molecule has 1 fully saturated rings. The molecule has 1 aliphatic heterocycles. The summed E-state index contributed by atoms with van der Waals surface area (Å²) in [6.07, 6.45) is 2.68. The number of nitrogens with zero attached hydrogens (tertiary/aromatic N) is 6. The van der Waals surface area contributed by atoms with Gasteiger partial charge in [-0.3, -0.25) is 4.68 Å². The van der Waals surface area contributed by atoms with E-state index in [1.807, 2.05) is 64.1 Å². The molecule has 0 unspecified atom stereocenters. The monoisotopic (exact) mass is 609 g/mol. The fraction of sp³-hybridized carbons (Fsp3) is 0.367. The van der Waals surface area contributed by atoms with Crippen molar-refractivity contribution in [3.05, 3.63) is 71.0 Å². The zero-order valence-electron chi connectivity index (χ0n) is 24.7. The molecule has 0 aliphatic carbocycles. The Kier molecular flexibility index (Phi) is 8.19. The molecular weight excluding hydrogens is 574 g/mol. The Morgan fingerprint density at radius 1 is 0.976 bits per heavy atom. The summed E-state index contributed by atoms with van der Waals surface area (Å²) in [5, 5.41) is 4.46. The van der Waals surface area contributed by atoms with Gasteiger partial charge in [0.1, 0.15) is 15.7 Å². The van der Waals surface area contributed by atoms with Crippen LogP contribution in [0.5, 0.6) is 11.6 Å². The van der Waals surface area contributed by atoms with Crippen LogP contribution in [0, 0.1) is 6.92 Å². The van der Waals surface area contributed by atoms with E-state index < -0.39 is 15.4 Å².